The molecule has 19 heavy (non-hydrogen) atoms. The molecule has 2 rings (SSSR count). The minimum Gasteiger partial charge on any atom is -0.319 e. The van der Waals surface area contributed by atoms with E-state index in [0.717, 1.165) is 0 Å². The first-order valence-electron chi connectivity index (χ1n) is 5.78. The van der Waals surface area contributed by atoms with E-state index in [1.165, 1.54) is 0 Å². The Kier molecular flexibility index (Phi) is 3.43. The van der Waals surface area contributed by atoms with E-state index in [4.69, 9.17) is 17.3 Å². The van der Waals surface area contributed by atoms with Gasteiger partial charge in [-0.1, -0.05) is 29.8 Å². The van der Waals surface area contributed by atoms with Crippen LogP contribution in [0.4, 0.5) is 0 Å². The zero-order valence-corrected chi connectivity index (χ0v) is 11.4. The molecular formula is C13H14ClN3O2. The molecule has 0 radical (unpaired) electrons. The first kappa shape index (κ1) is 13.7. The molecular weight excluding hydrogens is 266 g/mol. The van der Waals surface area contributed by atoms with Crippen LogP contribution < -0.4 is 11.1 Å². The Morgan fingerprint density at radius 2 is 1.95 bits per heavy atom. The Hall–Kier alpha value is -1.72. The topological polar surface area (TPSA) is 84.5 Å². The van der Waals surface area contributed by atoms with Crippen molar-refractivity contribution in [3.8, 4) is 0 Å². The second kappa shape index (κ2) is 4.75. The van der Waals surface area contributed by atoms with Gasteiger partial charge in [-0.25, -0.2) is 0 Å². The van der Waals surface area contributed by atoms with Gasteiger partial charge in [-0.3, -0.25) is 9.59 Å². The Morgan fingerprint density at radius 3 is 2.47 bits per heavy atom. The van der Waals surface area contributed by atoms with Gasteiger partial charge >= 0.3 is 0 Å². The molecule has 6 heteroatoms. The quantitative estimate of drug-likeness (QED) is 0.798. The molecule has 1 aromatic carbocycles. The fourth-order valence-electron chi connectivity index (χ4n) is 1.79. The Balaban J connectivity index is 2.42. The Bertz CT molecular complexity index is 575. The van der Waals surface area contributed by atoms with Crippen molar-refractivity contribution < 1.29 is 9.59 Å². The lowest BCUT2D eigenvalue weighted by atomic mass is 9.94. The van der Waals surface area contributed by atoms with E-state index in [0.29, 0.717) is 10.6 Å². The van der Waals surface area contributed by atoms with E-state index in [9.17, 15) is 9.59 Å². The average molecular weight is 280 g/mol. The fraction of sp³-hybridized carbons (Fsp3) is 0.308. The minimum atomic E-state index is -1.01. The number of hydrogen-bond acceptors (Lipinski definition) is 3. The van der Waals surface area contributed by atoms with Crippen molar-refractivity contribution in [3.05, 3.63) is 34.9 Å². The summed E-state index contributed by atoms with van der Waals surface area (Å²) in [6, 6.07) is 6.71. The number of hydrogen-bond donors (Lipinski definition) is 2. The van der Waals surface area contributed by atoms with Crippen LogP contribution >= 0.6 is 11.6 Å². The molecule has 3 N–H and O–H groups in total. The number of halogens is 1. The number of carbonyl (C=O) groups excluding carboxylic acids is 2. The van der Waals surface area contributed by atoms with Crippen molar-refractivity contribution in [2.75, 3.05) is 0 Å². The molecule has 0 spiro atoms. The zero-order chi connectivity index (χ0) is 14.2. The van der Waals surface area contributed by atoms with Crippen molar-refractivity contribution in [1.29, 1.82) is 0 Å². The highest BCUT2D eigenvalue weighted by atomic mass is 35.5. The van der Waals surface area contributed by atoms with E-state index in [1.807, 2.05) is 0 Å². The fourth-order valence-corrected chi connectivity index (χ4v) is 2.04. The van der Waals surface area contributed by atoms with Gasteiger partial charge in [-0.2, -0.15) is 4.99 Å². The highest BCUT2D eigenvalue weighted by molar-refractivity contribution is 6.32. The van der Waals surface area contributed by atoms with Gasteiger partial charge < -0.3 is 11.1 Å². The third-order valence-electron chi connectivity index (χ3n) is 2.80. The van der Waals surface area contributed by atoms with Crippen molar-refractivity contribution in [3.63, 3.8) is 0 Å². The molecule has 0 fully saturated rings. The average Bonchev–Trinajstić information content (AvgIpc) is 2.29. The van der Waals surface area contributed by atoms with Crippen LogP contribution in [0.15, 0.2) is 29.3 Å². The van der Waals surface area contributed by atoms with E-state index in [1.54, 1.807) is 38.1 Å². The molecule has 0 saturated carbocycles. The summed E-state index contributed by atoms with van der Waals surface area (Å²) in [5, 5.41) is 2.93. The van der Waals surface area contributed by atoms with Gasteiger partial charge in [0.1, 0.15) is 11.8 Å². The van der Waals surface area contributed by atoms with Crippen LogP contribution in [0.5, 0.6) is 0 Å². The van der Waals surface area contributed by atoms with Crippen LogP contribution in [0.25, 0.3) is 0 Å². The molecule has 0 saturated heterocycles. The highest BCUT2D eigenvalue weighted by Gasteiger charge is 2.37. The second-order valence-corrected chi connectivity index (χ2v) is 5.37. The summed E-state index contributed by atoms with van der Waals surface area (Å²) in [6.07, 6.45) is 0. The molecule has 1 unspecified atom stereocenters. The lowest BCUT2D eigenvalue weighted by molar-refractivity contribution is -0.130. The van der Waals surface area contributed by atoms with Gasteiger partial charge in [-0.05, 0) is 25.5 Å². The molecule has 0 aromatic heterocycles. The van der Waals surface area contributed by atoms with E-state index in [2.05, 4.69) is 10.3 Å². The molecule has 5 nitrogen and oxygen atoms in total. The Morgan fingerprint density at radius 1 is 1.32 bits per heavy atom. The smallest absolute Gasteiger partial charge is 0.264 e. The maximum Gasteiger partial charge on any atom is 0.264 e. The molecule has 2 amide bonds. The molecule has 1 aliphatic heterocycles. The van der Waals surface area contributed by atoms with Gasteiger partial charge in [0.05, 0.1) is 5.54 Å². The van der Waals surface area contributed by atoms with Gasteiger partial charge in [0.2, 0.25) is 5.91 Å². The number of amidine groups is 1. The first-order valence-corrected chi connectivity index (χ1v) is 6.15. The number of benzene rings is 1. The Labute approximate surface area is 115 Å². The predicted molar refractivity (Wildman–Crippen MR) is 73.0 cm³/mol. The summed E-state index contributed by atoms with van der Waals surface area (Å²) >= 11 is 6.01. The molecule has 1 atom stereocenters. The van der Waals surface area contributed by atoms with Crippen LogP contribution in [-0.2, 0) is 9.59 Å². The third kappa shape index (κ3) is 2.67. The van der Waals surface area contributed by atoms with Crippen molar-refractivity contribution >= 4 is 29.3 Å². The standard InChI is InChI=1S/C13H14ClN3O2/c1-13(2,15)12-16-10(18)9(11(19)17-12)7-5-3-4-6-8(7)14/h3-6,9H,15H2,1-2H3,(H,16,17,18,19). The van der Waals surface area contributed by atoms with Gasteiger partial charge in [0, 0.05) is 5.02 Å². The second-order valence-electron chi connectivity index (χ2n) is 4.96. The summed E-state index contributed by atoms with van der Waals surface area (Å²) in [5.41, 5.74) is 5.40. The summed E-state index contributed by atoms with van der Waals surface area (Å²) in [4.78, 5) is 28.0. The summed E-state index contributed by atoms with van der Waals surface area (Å²) in [6.45, 7) is 3.32. The van der Waals surface area contributed by atoms with Crippen molar-refractivity contribution in [2.24, 2.45) is 10.7 Å². The summed E-state index contributed by atoms with van der Waals surface area (Å²) in [5.74, 6) is -1.85. The van der Waals surface area contributed by atoms with Gasteiger partial charge in [-0.15, -0.1) is 0 Å². The molecule has 1 aromatic rings. The normalized spacial score (nSPS) is 20.0. The van der Waals surface area contributed by atoms with Crippen LogP contribution in [-0.4, -0.2) is 23.2 Å². The number of amides is 2. The zero-order valence-electron chi connectivity index (χ0n) is 10.6. The molecule has 100 valence electrons. The summed E-state index contributed by atoms with van der Waals surface area (Å²) < 4.78 is 0. The highest BCUT2D eigenvalue weighted by Crippen LogP contribution is 2.27. The van der Waals surface area contributed by atoms with Gasteiger partial charge in [0.25, 0.3) is 5.91 Å². The number of nitrogens with two attached hydrogens (primary N) is 1. The first-order chi connectivity index (χ1) is 8.80. The number of carbonyl (C=O) groups is 2. The number of rotatable bonds is 2. The molecule has 0 bridgehead atoms. The number of aliphatic imine (C=N–C) groups is 1. The predicted octanol–water partition coefficient (Wildman–Crippen LogP) is 1.22. The summed E-state index contributed by atoms with van der Waals surface area (Å²) in [7, 11) is 0. The van der Waals surface area contributed by atoms with Crippen LogP contribution in [0.1, 0.15) is 25.3 Å². The van der Waals surface area contributed by atoms with Crippen LogP contribution in [0, 0.1) is 0 Å². The SMILES string of the molecule is CC(C)(N)C1=NC(=O)C(c2ccccc2Cl)C(=O)N1. The van der Waals surface area contributed by atoms with Crippen LogP contribution in [0.2, 0.25) is 5.02 Å². The van der Waals surface area contributed by atoms with E-state index < -0.39 is 23.3 Å². The van der Waals surface area contributed by atoms with E-state index in [-0.39, 0.29) is 5.84 Å². The largest absolute Gasteiger partial charge is 0.319 e. The van der Waals surface area contributed by atoms with E-state index >= 15 is 0 Å². The monoisotopic (exact) mass is 279 g/mol. The maximum absolute atomic E-state index is 12.1. The number of nitrogens with zero attached hydrogens (tertiary/aromatic N) is 1. The third-order valence-corrected chi connectivity index (χ3v) is 3.14. The molecule has 0 aliphatic carbocycles. The van der Waals surface area contributed by atoms with Crippen molar-refractivity contribution in [1.82, 2.24) is 5.32 Å². The minimum absolute atomic E-state index is 0.172. The van der Waals surface area contributed by atoms with Gasteiger partial charge in [0.15, 0.2) is 0 Å². The molecule has 1 heterocycles. The molecule has 1 aliphatic rings. The lowest BCUT2D eigenvalue weighted by Gasteiger charge is -2.27. The lowest BCUT2D eigenvalue weighted by Crippen LogP contribution is -2.55. The maximum atomic E-state index is 12.1. The number of nitrogens with one attached hydrogen (secondary N) is 1. The van der Waals surface area contributed by atoms with Crippen molar-refractivity contribution in [2.45, 2.75) is 25.3 Å². The van der Waals surface area contributed by atoms with Crippen LogP contribution in [0.3, 0.4) is 0 Å².